The topological polar surface area (TPSA) is 6.48 Å². The lowest BCUT2D eigenvalue weighted by Crippen LogP contribution is -2.46. The van der Waals surface area contributed by atoms with Crippen LogP contribution < -0.4 is 0 Å². The van der Waals surface area contributed by atoms with Crippen molar-refractivity contribution in [2.24, 2.45) is 0 Å². The third kappa shape index (κ3) is 4.25. The van der Waals surface area contributed by atoms with Gasteiger partial charge in [-0.2, -0.15) is 0 Å². The molecule has 0 aromatic carbocycles. The van der Waals surface area contributed by atoms with E-state index in [9.17, 15) is 0 Å². The minimum absolute atomic E-state index is 1.16. The molecule has 0 aromatic rings. The Labute approximate surface area is 88.6 Å². The largest absolute Gasteiger partial charge is 0.301 e. The molecule has 1 aliphatic heterocycles. The van der Waals surface area contributed by atoms with Gasteiger partial charge in [-0.05, 0) is 32.4 Å². The molecule has 1 rings (SSSR count). The second-order valence-electron chi connectivity index (χ2n) is 4.11. The van der Waals surface area contributed by atoms with Gasteiger partial charge in [0.15, 0.2) is 0 Å². The first-order chi connectivity index (χ1) is 6.86. The predicted octanol–water partition coefficient (Wildman–Crippen LogP) is 1.98. The van der Waals surface area contributed by atoms with Crippen molar-refractivity contribution in [3.05, 3.63) is 12.7 Å². The van der Waals surface area contributed by atoms with Crippen LogP contribution in [0.5, 0.6) is 0 Å². The van der Waals surface area contributed by atoms with Gasteiger partial charge in [-0.1, -0.05) is 13.0 Å². The molecule has 2 nitrogen and oxygen atoms in total. The quantitative estimate of drug-likeness (QED) is 0.473. The highest BCUT2D eigenvalue weighted by Gasteiger charge is 2.14. The minimum atomic E-state index is 1.16. The summed E-state index contributed by atoms with van der Waals surface area (Å²) in [6, 6.07) is 0. The summed E-state index contributed by atoms with van der Waals surface area (Å²) in [4.78, 5) is 5.15. The zero-order chi connectivity index (χ0) is 10.2. The van der Waals surface area contributed by atoms with Crippen LogP contribution in [0.3, 0.4) is 0 Å². The Hall–Kier alpha value is -0.340. The van der Waals surface area contributed by atoms with Gasteiger partial charge in [0.25, 0.3) is 0 Å². The molecule has 0 radical (unpaired) electrons. The zero-order valence-corrected chi connectivity index (χ0v) is 9.54. The van der Waals surface area contributed by atoms with E-state index in [0.717, 1.165) is 6.42 Å². The van der Waals surface area contributed by atoms with E-state index in [1.54, 1.807) is 0 Å². The van der Waals surface area contributed by atoms with Gasteiger partial charge >= 0.3 is 0 Å². The van der Waals surface area contributed by atoms with Crippen LogP contribution in [0.4, 0.5) is 0 Å². The number of unbranched alkanes of at least 4 members (excludes halogenated alkanes) is 1. The van der Waals surface area contributed by atoms with Crippen LogP contribution in [-0.4, -0.2) is 49.1 Å². The molecule has 0 unspecified atom stereocenters. The normalized spacial score (nSPS) is 19.8. The highest BCUT2D eigenvalue weighted by molar-refractivity contribution is 4.73. The van der Waals surface area contributed by atoms with E-state index in [2.05, 4.69) is 23.3 Å². The molecule has 1 heterocycles. The van der Waals surface area contributed by atoms with E-state index >= 15 is 0 Å². The monoisotopic (exact) mass is 196 g/mol. The molecule has 2 heteroatoms. The van der Waals surface area contributed by atoms with Gasteiger partial charge in [0, 0.05) is 26.2 Å². The summed E-state index contributed by atoms with van der Waals surface area (Å²) in [7, 11) is 0. The third-order valence-electron chi connectivity index (χ3n) is 2.89. The first kappa shape index (κ1) is 11.7. The molecule has 0 saturated carbocycles. The summed E-state index contributed by atoms with van der Waals surface area (Å²) in [5.41, 5.74) is 0. The van der Waals surface area contributed by atoms with E-state index < -0.39 is 0 Å². The highest BCUT2D eigenvalue weighted by atomic mass is 15.3. The van der Waals surface area contributed by atoms with Crippen LogP contribution in [0.15, 0.2) is 12.7 Å². The summed E-state index contributed by atoms with van der Waals surface area (Å²) in [6.45, 7) is 13.6. The molecular formula is C12H24N2. The van der Waals surface area contributed by atoms with Gasteiger partial charge in [0.1, 0.15) is 0 Å². The smallest absolute Gasteiger partial charge is 0.0110 e. The van der Waals surface area contributed by atoms with Crippen LogP contribution in [0.25, 0.3) is 0 Å². The molecule has 0 amide bonds. The zero-order valence-electron chi connectivity index (χ0n) is 9.54. The number of hydrogen-bond donors (Lipinski definition) is 0. The van der Waals surface area contributed by atoms with E-state index in [1.165, 1.54) is 52.1 Å². The summed E-state index contributed by atoms with van der Waals surface area (Å²) >= 11 is 0. The molecular weight excluding hydrogens is 172 g/mol. The molecule has 0 spiro atoms. The first-order valence-corrected chi connectivity index (χ1v) is 5.92. The number of rotatable bonds is 6. The summed E-state index contributed by atoms with van der Waals surface area (Å²) in [5, 5.41) is 0. The van der Waals surface area contributed by atoms with Gasteiger partial charge in [0.2, 0.25) is 0 Å². The molecule has 0 N–H and O–H groups in total. The second kappa shape index (κ2) is 7.02. The molecule has 1 aliphatic rings. The Morgan fingerprint density at radius 3 is 2.14 bits per heavy atom. The van der Waals surface area contributed by atoms with Crippen molar-refractivity contribution in [3.63, 3.8) is 0 Å². The van der Waals surface area contributed by atoms with Crippen molar-refractivity contribution < 1.29 is 0 Å². The molecule has 0 bridgehead atoms. The van der Waals surface area contributed by atoms with Crippen molar-refractivity contribution in [3.8, 4) is 0 Å². The summed E-state index contributed by atoms with van der Waals surface area (Å²) < 4.78 is 0. The number of piperazine rings is 1. The Balaban J connectivity index is 2.06. The Morgan fingerprint density at radius 1 is 1.07 bits per heavy atom. The average Bonchev–Trinajstić information content (AvgIpc) is 2.21. The maximum absolute atomic E-state index is 3.75. The van der Waals surface area contributed by atoms with Crippen LogP contribution in [-0.2, 0) is 0 Å². The van der Waals surface area contributed by atoms with E-state index in [4.69, 9.17) is 0 Å². The molecule has 0 aromatic heterocycles. The Kier molecular flexibility index (Phi) is 5.88. The average molecular weight is 196 g/mol. The maximum Gasteiger partial charge on any atom is 0.0110 e. The molecule has 1 fully saturated rings. The van der Waals surface area contributed by atoms with Gasteiger partial charge in [-0.15, -0.1) is 6.58 Å². The van der Waals surface area contributed by atoms with Crippen molar-refractivity contribution in [1.82, 2.24) is 9.80 Å². The van der Waals surface area contributed by atoms with Crippen LogP contribution in [0.2, 0.25) is 0 Å². The molecule has 0 aliphatic carbocycles. The van der Waals surface area contributed by atoms with Gasteiger partial charge in [0.05, 0.1) is 0 Å². The van der Waals surface area contributed by atoms with E-state index in [-0.39, 0.29) is 0 Å². The lowest BCUT2D eigenvalue weighted by molar-refractivity contribution is 0.132. The second-order valence-corrected chi connectivity index (χ2v) is 4.11. The van der Waals surface area contributed by atoms with Crippen LogP contribution in [0, 0.1) is 0 Å². The number of allylic oxidation sites excluding steroid dienone is 1. The number of hydrogen-bond acceptors (Lipinski definition) is 2. The molecule has 82 valence electrons. The van der Waals surface area contributed by atoms with E-state index in [0.29, 0.717) is 0 Å². The lowest BCUT2D eigenvalue weighted by Gasteiger charge is -2.34. The first-order valence-electron chi connectivity index (χ1n) is 5.92. The van der Waals surface area contributed by atoms with Gasteiger partial charge in [-0.25, -0.2) is 0 Å². The SMILES string of the molecule is C=CCCCN1CCN(CCC)CC1. The Bertz CT molecular complexity index is 148. The van der Waals surface area contributed by atoms with Crippen LogP contribution in [0.1, 0.15) is 26.2 Å². The summed E-state index contributed by atoms with van der Waals surface area (Å²) in [5.74, 6) is 0. The van der Waals surface area contributed by atoms with Gasteiger partial charge < -0.3 is 9.80 Å². The molecule has 1 saturated heterocycles. The van der Waals surface area contributed by atoms with Crippen molar-refractivity contribution in [2.75, 3.05) is 39.3 Å². The molecule has 0 atom stereocenters. The van der Waals surface area contributed by atoms with E-state index in [1.807, 2.05) is 6.08 Å². The van der Waals surface area contributed by atoms with Crippen molar-refractivity contribution in [1.29, 1.82) is 0 Å². The van der Waals surface area contributed by atoms with Crippen molar-refractivity contribution >= 4 is 0 Å². The summed E-state index contributed by atoms with van der Waals surface area (Å²) in [6.07, 6.45) is 5.75. The van der Waals surface area contributed by atoms with Gasteiger partial charge in [-0.3, -0.25) is 0 Å². The predicted molar refractivity (Wildman–Crippen MR) is 62.6 cm³/mol. The minimum Gasteiger partial charge on any atom is -0.301 e. The maximum atomic E-state index is 3.75. The fraction of sp³-hybridized carbons (Fsp3) is 0.833. The van der Waals surface area contributed by atoms with Crippen LogP contribution >= 0.6 is 0 Å². The van der Waals surface area contributed by atoms with Crippen molar-refractivity contribution in [2.45, 2.75) is 26.2 Å². The molecule has 14 heavy (non-hydrogen) atoms. The lowest BCUT2D eigenvalue weighted by atomic mass is 10.2. The highest BCUT2D eigenvalue weighted by Crippen LogP contribution is 2.04. The fourth-order valence-corrected chi connectivity index (χ4v) is 2.01. The standard InChI is InChI=1S/C12H24N2/c1-3-5-6-8-14-11-9-13(7-4-2)10-12-14/h3H,1,4-12H2,2H3. The third-order valence-corrected chi connectivity index (χ3v) is 2.89. The Morgan fingerprint density at radius 2 is 1.64 bits per heavy atom. The fourth-order valence-electron chi connectivity index (χ4n) is 2.01. The number of nitrogens with zero attached hydrogens (tertiary/aromatic N) is 2.